The molecule has 9 heteroatoms. The molecule has 0 fully saturated rings. The van der Waals surface area contributed by atoms with Gasteiger partial charge in [0, 0.05) is 5.92 Å². The number of nitrogens with one attached hydrogen (secondary N) is 3. The van der Waals surface area contributed by atoms with Crippen LogP contribution in [0.4, 0.5) is 0 Å². The Hall–Kier alpha value is -2.65. The minimum Gasteiger partial charge on any atom is -0.444 e. The topological polar surface area (TPSA) is 110 Å². The number of hydroxylamine groups is 1. The van der Waals surface area contributed by atoms with Gasteiger partial charge in [0.1, 0.15) is 0 Å². The zero-order chi connectivity index (χ0) is 24.1. The molecule has 0 aliphatic rings. The number of rotatable bonds is 14. The minimum absolute atomic E-state index is 0.0666. The Morgan fingerprint density at radius 2 is 1.73 bits per heavy atom. The molecule has 1 heterocycles. The average molecular weight is 522 g/mol. The van der Waals surface area contributed by atoms with Gasteiger partial charge >= 0.3 is 0 Å². The number of benzene rings is 1. The van der Waals surface area contributed by atoms with Crippen LogP contribution < -0.4 is 16.1 Å². The Morgan fingerprint density at radius 3 is 2.36 bits per heavy atom. The highest BCUT2D eigenvalue weighted by Gasteiger charge is 2.32. The fourth-order valence-electron chi connectivity index (χ4n) is 3.49. The van der Waals surface area contributed by atoms with Gasteiger partial charge in [-0.05, 0) is 46.5 Å². The Kier molecular flexibility index (Phi) is 11.7. The predicted octanol–water partition coefficient (Wildman–Crippen LogP) is 4.32. The fraction of sp³-hybridized carbons (Fsp3) is 0.458. The first-order valence-electron chi connectivity index (χ1n) is 11.2. The van der Waals surface area contributed by atoms with Crippen LogP contribution in [-0.4, -0.2) is 24.4 Å². The quantitative estimate of drug-likeness (QED) is 0.195. The third-order valence-electron chi connectivity index (χ3n) is 5.28. The number of hydrogen-bond acceptors (Lipinski definition) is 5. The van der Waals surface area contributed by atoms with Crippen molar-refractivity contribution in [2.24, 2.45) is 11.8 Å². The molecule has 180 valence electrons. The molecular weight excluding hydrogens is 490 g/mol. The lowest BCUT2D eigenvalue weighted by molar-refractivity contribution is -0.144. The number of halogens is 1. The van der Waals surface area contributed by atoms with Crippen LogP contribution in [0.15, 0.2) is 51.6 Å². The van der Waals surface area contributed by atoms with Gasteiger partial charge in [0.25, 0.3) is 5.91 Å². The van der Waals surface area contributed by atoms with E-state index >= 15 is 0 Å². The second-order valence-electron chi connectivity index (χ2n) is 7.69. The monoisotopic (exact) mass is 521 g/mol. The lowest BCUT2D eigenvalue weighted by atomic mass is 9.84. The SMILES string of the molecule is CCCCC[C@@H](C(=O)NCNC(=O)c1ccc(Br)o1)[C@@H](CC)C(=O)NOCc1ccccc1. The van der Waals surface area contributed by atoms with Gasteiger partial charge < -0.3 is 15.1 Å². The summed E-state index contributed by atoms with van der Waals surface area (Å²) in [5.41, 5.74) is 3.43. The van der Waals surface area contributed by atoms with Crippen LogP contribution in [-0.2, 0) is 21.0 Å². The molecule has 2 aromatic rings. The first kappa shape index (κ1) is 26.6. The van der Waals surface area contributed by atoms with Gasteiger partial charge in [0.15, 0.2) is 10.4 Å². The highest BCUT2D eigenvalue weighted by atomic mass is 79.9. The van der Waals surface area contributed by atoms with Crippen LogP contribution in [0.5, 0.6) is 0 Å². The molecule has 1 aromatic heterocycles. The van der Waals surface area contributed by atoms with Crippen LogP contribution in [0.1, 0.15) is 62.1 Å². The van der Waals surface area contributed by atoms with Crippen LogP contribution in [0.2, 0.25) is 0 Å². The highest BCUT2D eigenvalue weighted by molar-refractivity contribution is 9.10. The van der Waals surface area contributed by atoms with Crippen molar-refractivity contribution in [3.63, 3.8) is 0 Å². The molecule has 0 aliphatic carbocycles. The zero-order valence-corrected chi connectivity index (χ0v) is 20.7. The van der Waals surface area contributed by atoms with Crippen molar-refractivity contribution in [3.8, 4) is 0 Å². The van der Waals surface area contributed by atoms with Crippen molar-refractivity contribution in [2.75, 3.05) is 6.67 Å². The molecule has 0 saturated carbocycles. The Morgan fingerprint density at radius 1 is 0.970 bits per heavy atom. The number of amides is 3. The maximum Gasteiger partial charge on any atom is 0.288 e. The van der Waals surface area contributed by atoms with Crippen molar-refractivity contribution in [1.29, 1.82) is 0 Å². The van der Waals surface area contributed by atoms with Gasteiger partial charge in [-0.1, -0.05) is 63.4 Å². The number of hydrogen-bond donors (Lipinski definition) is 3. The lowest BCUT2D eigenvalue weighted by Crippen LogP contribution is -2.45. The largest absolute Gasteiger partial charge is 0.444 e. The molecule has 33 heavy (non-hydrogen) atoms. The maximum atomic E-state index is 12.9. The first-order chi connectivity index (χ1) is 16.0. The highest BCUT2D eigenvalue weighted by Crippen LogP contribution is 2.23. The summed E-state index contributed by atoms with van der Waals surface area (Å²) >= 11 is 3.14. The Balaban J connectivity index is 1.91. The van der Waals surface area contributed by atoms with E-state index in [4.69, 9.17) is 9.25 Å². The first-order valence-corrected chi connectivity index (χ1v) is 12.0. The van der Waals surface area contributed by atoms with Crippen LogP contribution >= 0.6 is 15.9 Å². The van der Waals surface area contributed by atoms with Crippen molar-refractivity contribution >= 4 is 33.7 Å². The number of carbonyl (C=O) groups excluding carboxylic acids is 3. The van der Waals surface area contributed by atoms with Gasteiger partial charge in [-0.25, -0.2) is 5.48 Å². The summed E-state index contributed by atoms with van der Waals surface area (Å²) in [5, 5.41) is 5.32. The average Bonchev–Trinajstić information content (AvgIpc) is 3.25. The number of carbonyl (C=O) groups is 3. The van der Waals surface area contributed by atoms with E-state index in [0.29, 0.717) is 17.5 Å². The van der Waals surface area contributed by atoms with E-state index in [1.165, 1.54) is 6.07 Å². The molecule has 0 saturated heterocycles. The van der Waals surface area contributed by atoms with E-state index < -0.39 is 17.7 Å². The van der Waals surface area contributed by atoms with E-state index in [-0.39, 0.29) is 30.9 Å². The molecule has 8 nitrogen and oxygen atoms in total. The summed E-state index contributed by atoms with van der Waals surface area (Å²) in [7, 11) is 0. The molecule has 3 N–H and O–H groups in total. The second-order valence-corrected chi connectivity index (χ2v) is 8.47. The molecule has 0 unspecified atom stereocenters. The van der Waals surface area contributed by atoms with E-state index in [2.05, 4.69) is 39.0 Å². The van der Waals surface area contributed by atoms with E-state index in [9.17, 15) is 14.4 Å². The zero-order valence-electron chi connectivity index (χ0n) is 19.1. The second kappa shape index (κ2) is 14.5. The van der Waals surface area contributed by atoms with Gasteiger partial charge in [0.2, 0.25) is 11.8 Å². The molecule has 2 rings (SSSR count). The third kappa shape index (κ3) is 9.01. The molecule has 0 radical (unpaired) electrons. The Bertz CT molecular complexity index is 887. The molecule has 0 spiro atoms. The summed E-state index contributed by atoms with van der Waals surface area (Å²) in [4.78, 5) is 43.2. The minimum atomic E-state index is -0.547. The predicted molar refractivity (Wildman–Crippen MR) is 128 cm³/mol. The van der Waals surface area contributed by atoms with Gasteiger partial charge in [-0.2, -0.15) is 0 Å². The van der Waals surface area contributed by atoms with E-state index in [0.717, 1.165) is 24.8 Å². The van der Waals surface area contributed by atoms with E-state index in [1.54, 1.807) is 6.07 Å². The lowest BCUT2D eigenvalue weighted by Gasteiger charge is -2.24. The summed E-state index contributed by atoms with van der Waals surface area (Å²) < 4.78 is 5.64. The van der Waals surface area contributed by atoms with Crippen LogP contribution in [0.25, 0.3) is 0 Å². The van der Waals surface area contributed by atoms with Crippen LogP contribution in [0, 0.1) is 11.8 Å². The molecular formula is C24H32BrN3O5. The smallest absolute Gasteiger partial charge is 0.288 e. The van der Waals surface area contributed by atoms with Gasteiger partial charge in [-0.3, -0.25) is 19.2 Å². The molecule has 2 atom stereocenters. The molecule has 0 bridgehead atoms. The Labute approximate surface area is 202 Å². The molecule has 3 amide bonds. The van der Waals surface area contributed by atoms with E-state index in [1.807, 2.05) is 37.3 Å². The fourth-order valence-corrected chi connectivity index (χ4v) is 3.80. The van der Waals surface area contributed by atoms with Gasteiger partial charge in [0.05, 0.1) is 19.2 Å². The summed E-state index contributed by atoms with van der Waals surface area (Å²) in [5.74, 6) is -1.99. The molecule has 1 aromatic carbocycles. The number of unbranched alkanes of at least 4 members (excludes halogenated alkanes) is 2. The van der Waals surface area contributed by atoms with Crippen molar-refractivity contribution in [2.45, 2.75) is 52.6 Å². The maximum absolute atomic E-state index is 12.9. The standard InChI is InChI=1S/C24H32BrN3O5/c1-3-5-7-12-19(22(29)26-16-27-24(31)20-13-14-21(25)33-20)18(4-2)23(30)28-32-15-17-10-8-6-9-11-17/h6,8-11,13-14,18-19H,3-5,7,12,15-16H2,1-2H3,(H,26,29)(H,27,31)(H,28,30)/t18-,19-/m1/s1. The third-order valence-corrected chi connectivity index (χ3v) is 5.71. The normalized spacial score (nSPS) is 12.6. The van der Waals surface area contributed by atoms with Crippen molar-refractivity contribution in [1.82, 2.24) is 16.1 Å². The van der Waals surface area contributed by atoms with Crippen LogP contribution in [0.3, 0.4) is 0 Å². The van der Waals surface area contributed by atoms with Crippen molar-refractivity contribution < 1.29 is 23.6 Å². The van der Waals surface area contributed by atoms with Crippen molar-refractivity contribution in [3.05, 3.63) is 58.5 Å². The molecule has 0 aliphatic heterocycles. The summed E-state index contributed by atoms with van der Waals surface area (Å²) in [6.45, 7) is 4.13. The summed E-state index contributed by atoms with van der Waals surface area (Å²) in [6.07, 6.45) is 3.86. The summed E-state index contributed by atoms with van der Waals surface area (Å²) in [6, 6.07) is 12.6. The van der Waals surface area contributed by atoms with Gasteiger partial charge in [-0.15, -0.1) is 0 Å². The number of furan rings is 1.